The van der Waals surface area contributed by atoms with Crippen LogP contribution in [0.3, 0.4) is 0 Å². The molecule has 0 spiro atoms. The number of carbonyl (C=O) groups is 3. The number of amides is 3. The third-order valence-electron chi connectivity index (χ3n) is 5.21. The maximum Gasteiger partial charge on any atom is 0.265 e. The number of aromatic nitrogens is 1. The Morgan fingerprint density at radius 2 is 2.03 bits per heavy atom. The van der Waals surface area contributed by atoms with Gasteiger partial charge in [0.15, 0.2) is 0 Å². The number of carbonyl (C=O) groups excluding carboxylic acids is 3. The number of nitrogens with one attached hydrogen (secondary N) is 1. The number of nitrogen functional groups attached to an aromatic ring is 1. The second-order valence-corrected chi connectivity index (χ2v) is 7.04. The van der Waals surface area contributed by atoms with Gasteiger partial charge in [-0.1, -0.05) is 6.07 Å². The molecular formula is C20H15F2N5O3. The molecule has 1 saturated heterocycles. The number of halogens is 2. The summed E-state index contributed by atoms with van der Waals surface area (Å²) in [5, 5.41) is 11.6. The molecule has 2 aliphatic rings. The quantitative estimate of drug-likeness (QED) is 0.742. The SMILES string of the molecule is N#Cc1c(C(F)F)cc(N)nc1-c1ccc2c(c1)CN(C1CCC(=O)NC1=O)C2=O. The van der Waals surface area contributed by atoms with Crippen LogP contribution in [0.15, 0.2) is 24.3 Å². The van der Waals surface area contributed by atoms with Crippen LogP contribution in [0.2, 0.25) is 0 Å². The lowest BCUT2D eigenvalue weighted by molar-refractivity contribution is -0.136. The predicted octanol–water partition coefficient (Wildman–Crippen LogP) is 1.90. The summed E-state index contributed by atoms with van der Waals surface area (Å²) in [4.78, 5) is 41.7. The lowest BCUT2D eigenvalue weighted by Crippen LogP contribution is -2.52. The van der Waals surface area contributed by atoms with Gasteiger partial charge in [0.05, 0.1) is 11.3 Å². The van der Waals surface area contributed by atoms with Crippen LogP contribution >= 0.6 is 0 Å². The Morgan fingerprint density at radius 3 is 2.70 bits per heavy atom. The number of pyridine rings is 1. The van der Waals surface area contributed by atoms with Crippen molar-refractivity contribution >= 4 is 23.5 Å². The Bertz CT molecular complexity index is 1140. The summed E-state index contributed by atoms with van der Waals surface area (Å²) in [6.07, 6.45) is -2.54. The molecule has 1 fully saturated rings. The van der Waals surface area contributed by atoms with Gasteiger partial charge >= 0.3 is 0 Å². The number of hydrogen-bond donors (Lipinski definition) is 2. The van der Waals surface area contributed by atoms with Crippen molar-refractivity contribution in [1.29, 1.82) is 5.26 Å². The van der Waals surface area contributed by atoms with Crippen LogP contribution in [0.4, 0.5) is 14.6 Å². The molecular weight excluding hydrogens is 396 g/mol. The van der Waals surface area contributed by atoms with Crippen molar-refractivity contribution in [2.24, 2.45) is 0 Å². The molecule has 2 aliphatic heterocycles. The predicted molar refractivity (Wildman–Crippen MR) is 99.8 cm³/mol. The van der Waals surface area contributed by atoms with E-state index >= 15 is 0 Å². The van der Waals surface area contributed by atoms with E-state index in [2.05, 4.69) is 10.3 Å². The number of nitrogens with zero attached hydrogens (tertiary/aromatic N) is 3. The fraction of sp³-hybridized carbons (Fsp3) is 0.250. The Balaban J connectivity index is 1.72. The number of alkyl halides is 2. The lowest BCUT2D eigenvalue weighted by Gasteiger charge is -2.29. The van der Waals surface area contributed by atoms with E-state index in [1.165, 1.54) is 17.0 Å². The third kappa shape index (κ3) is 3.14. The molecule has 0 bridgehead atoms. The van der Waals surface area contributed by atoms with Gasteiger partial charge in [-0.2, -0.15) is 5.26 Å². The first-order valence-electron chi connectivity index (χ1n) is 9.06. The second kappa shape index (κ2) is 7.18. The van der Waals surface area contributed by atoms with Gasteiger partial charge in [-0.05, 0) is 30.2 Å². The second-order valence-electron chi connectivity index (χ2n) is 7.04. The van der Waals surface area contributed by atoms with Crippen LogP contribution in [0.5, 0.6) is 0 Å². The van der Waals surface area contributed by atoms with E-state index in [1.54, 1.807) is 12.1 Å². The zero-order chi connectivity index (χ0) is 21.6. The minimum atomic E-state index is -2.90. The Labute approximate surface area is 169 Å². The Morgan fingerprint density at radius 1 is 1.27 bits per heavy atom. The lowest BCUT2D eigenvalue weighted by atomic mass is 9.98. The van der Waals surface area contributed by atoms with Gasteiger partial charge < -0.3 is 10.6 Å². The van der Waals surface area contributed by atoms with Crippen molar-refractivity contribution in [3.8, 4) is 17.3 Å². The minimum Gasteiger partial charge on any atom is -0.384 e. The maximum absolute atomic E-state index is 13.3. The van der Waals surface area contributed by atoms with Crippen molar-refractivity contribution < 1.29 is 23.2 Å². The van der Waals surface area contributed by atoms with E-state index in [9.17, 15) is 28.4 Å². The van der Waals surface area contributed by atoms with Gasteiger partial charge in [-0.15, -0.1) is 0 Å². The molecule has 3 N–H and O–H groups in total. The first-order valence-corrected chi connectivity index (χ1v) is 9.06. The zero-order valence-electron chi connectivity index (χ0n) is 15.5. The van der Waals surface area contributed by atoms with Crippen LogP contribution < -0.4 is 11.1 Å². The van der Waals surface area contributed by atoms with Crippen LogP contribution in [-0.4, -0.2) is 33.6 Å². The number of fused-ring (bicyclic) bond motifs is 1. The van der Waals surface area contributed by atoms with Gasteiger partial charge in [0.2, 0.25) is 11.8 Å². The van der Waals surface area contributed by atoms with E-state index in [0.29, 0.717) is 16.7 Å². The average molecular weight is 411 g/mol. The zero-order valence-corrected chi connectivity index (χ0v) is 15.5. The van der Waals surface area contributed by atoms with E-state index < -0.39 is 23.9 Å². The Hall–Kier alpha value is -3.87. The van der Waals surface area contributed by atoms with Crippen LogP contribution in [-0.2, 0) is 16.1 Å². The molecule has 0 saturated carbocycles. The summed E-state index contributed by atoms with van der Waals surface area (Å²) in [5.41, 5.74) is 6.14. The van der Waals surface area contributed by atoms with E-state index in [4.69, 9.17) is 5.73 Å². The van der Waals surface area contributed by atoms with Gasteiger partial charge in [-0.3, -0.25) is 19.7 Å². The fourth-order valence-corrected chi connectivity index (χ4v) is 3.81. The van der Waals surface area contributed by atoms with Gasteiger partial charge in [0.25, 0.3) is 12.3 Å². The molecule has 30 heavy (non-hydrogen) atoms. The molecule has 10 heteroatoms. The normalized spacial score (nSPS) is 18.4. The first-order chi connectivity index (χ1) is 14.3. The molecule has 1 aromatic carbocycles. The highest BCUT2D eigenvalue weighted by molar-refractivity contribution is 6.05. The number of rotatable bonds is 3. The van der Waals surface area contributed by atoms with Crippen molar-refractivity contribution in [3.05, 3.63) is 46.5 Å². The number of nitrogens with two attached hydrogens (primary N) is 1. The van der Waals surface area contributed by atoms with E-state index in [-0.39, 0.29) is 48.3 Å². The molecule has 152 valence electrons. The molecule has 4 rings (SSSR count). The minimum absolute atomic E-state index is 0.00232. The fourth-order valence-electron chi connectivity index (χ4n) is 3.81. The highest BCUT2D eigenvalue weighted by Gasteiger charge is 2.39. The average Bonchev–Trinajstić information content (AvgIpc) is 3.03. The summed E-state index contributed by atoms with van der Waals surface area (Å²) in [7, 11) is 0. The topological polar surface area (TPSA) is 129 Å². The van der Waals surface area contributed by atoms with Crippen LogP contribution in [0.1, 0.15) is 46.3 Å². The monoisotopic (exact) mass is 411 g/mol. The molecule has 3 heterocycles. The van der Waals surface area contributed by atoms with Crippen molar-refractivity contribution in [3.63, 3.8) is 0 Å². The number of benzene rings is 1. The maximum atomic E-state index is 13.3. The van der Waals surface area contributed by atoms with Crippen molar-refractivity contribution in [2.45, 2.75) is 31.9 Å². The molecule has 0 radical (unpaired) electrons. The molecule has 0 aliphatic carbocycles. The molecule has 1 aromatic heterocycles. The standard InChI is InChI=1S/C20H15F2N5O3/c21-18(22)12-6-15(24)25-17(13(12)7-23)9-1-2-11-10(5-9)8-27(20(11)30)14-3-4-16(28)26-19(14)29/h1-2,5-6,14,18H,3-4,8H2,(H2,24,25)(H,26,28,29). The summed E-state index contributed by atoms with van der Waals surface area (Å²) >= 11 is 0. The third-order valence-corrected chi connectivity index (χ3v) is 5.21. The van der Waals surface area contributed by atoms with Crippen LogP contribution in [0.25, 0.3) is 11.3 Å². The highest BCUT2D eigenvalue weighted by Crippen LogP contribution is 2.35. The summed E-state index contributed by atoms with van der Waals surface area (Å²) in [6.45, 7) is 0.111. The molecule has 3 amide bonds. The summed E-state index contributed by atoms with van der Waals surface area (Å²) < 4.78 is 26.7. The van der Waals surface area contributed by atoms with Gasteiger partial charge in [0, 0.05) is 29.7 Å². The van der Waals surface area contributed by atoms with Gasteiger partial charge in [0.1, 0.15) is 17.9 Å². The largest absolute Gasteiger partial charge is 0.384 e. The molecule has 2 aromatic rings. The number of imide groups is 1. The van der Waals surface area contributed by atoms with Gasteiger partial charge in [-0.25, -0.2) is 13.8 Å². The summed E-state index contributed by atoms with van der Waals surface area (Å²) in [5.74, 6) is -1.42. The number of piperidine rings is 1. The Kier molecular flexibility index (Phi) is 4.66. The molecule has 1 unspecified atom stereocenters. The van der Waals surface area contributed by atoms with Crippen molar-refractivity contribution in [1.82, 2.24) is 15.2 Å². The van der Waals surface area contributed by atoms with Crippen LogP contribution in [0, 0.1) is 11.3 Å². The van der Waals surface area contributed by atoms with E-state index in [0.717, 1.165) is 6.07 Å². The first kappa shape index (κ1) is 19.4. The number of nitriles is 1. The van der Waals surface area contributed by atoms with Crippen molar-refractivity contribution in [2.75, 3.05) is 5.73 Å². The summed E-state index contributed by atoms with van der Waals surface area (Å²) in [6, 6.07) is 6.55. The van der Waals surface area contributed by atoms with E-state index in [1.807, 2.05) is 0 Å². The highest BCUT2D eigenvalue weighted by atomic mass is 19.3. The number of anilines is 1. The molecule has 8 nitrogen and oxygen atoms in total. The molecule has 1 atom stereocenters. The smallest absolute Gasteiger partial charge is 0.265 e. The number of hydrogen-bond acceptors (Lipinski definition) is 6.